The number of rotatable bonds is 7. The van der Waals surface area contributed by atoms with Crippen LogP contribution in [0, 0.1) is 17.8 Å². The average molecular weight is 456 g/mol. The van der Waals surface area contributed by atoms with Crippen molar-refractivity contribution in [2.75, 3.05) is 17.2 Å². The van der Waals surface area contributed by atoms with Gasteiger partial charge in [0.05, 0.1) is 22.9 Å². The van der Waals surface area contributed by atoms with Gasteiger partial charge in [0.2, 0.25) is 11.9 Å². The van der Waals surface area contributed by atoms with E-state index in [4.69, 9.17) is 0 Å². The molecular weight excluding hydrogens is 435 g/mol. The lowest BCUT2D eigenvalue weighted by Gasteiger charge is -2.12. The van der Waals surface area contributed by atoms with Crippen molar-refractivity contribution in [3.8, 4) is 11.8 Å². The van der Waals surface area contributed by atoms with E-state index in [9.17, 15) is 14.0 Å². The number of imide groups is 1. The third-order valence-corrected chi connectivity index (χ3v) is 5.45. The van der Waals surface area contributed by atoms with Crippen LogP contribution in [-0.4, -0.2) is 44.3 Å². The molecule has 2 aliphatic rings. The number of carbonyl (C=O) groups excluding carboxylic acids is 2. The number of fused-ring (bicyclic) bond motifs is 1. The van der Waals surface area contributed by atoms with E-state index >= 15 is 0 Å². The van der Waals surface area contributed by atoms with E-state index in [0.29, 0.717) is 53.8 Å². The summed E-state index contributed by atoms with van der Waals surface area (Å²) in [6.07, 6.45) is 4.80. The molecular formula is C25H21FN6O2. The Hall–Kier alpha value is -4.32. The molecule has 34 heavy (non-hydrogen) atoms. The van der Waals surface area contributed by atoms with E-state index in [2.05, 4.69) is 37.4 Å². The van der Waals surface area contributed by atoms with Gasteiger partial charge in [-0.15, -0.1) is 0 Å². The summed E-state index contributed by atoms with van der Waals surface area (Å²) < 4.78 is 13.3. The van der Waals surface area contributed by atoms with Crippen molar-refractivity contribution < 1.29 is 14.0 Å². The minimum atomic E-state index is -0.593. The Morgan fingerprint density at radius 3 is 2.50 bits per heavy atom. The number of pyridine rings is 1. The van der Waals surface area contributed by atoms with Gasteiger partial charge in [-0.3, -0.25) is 14.5 Å². The summed E-state index contributed by atoms with van der Waals surface area (Å²) in [5, 5.41) is 6.24. The number of benzene rings is 1. The molecule has 9 heteroatoms. The average Bonchev–Trinajstić information content (AvgIpc) is 3.62. The van der Waals surface area contributed by atoms with E-state index in [1.165, 1.54) is 11.0 Å². The Balaban J connectivity index is 1.22. The minimum absolute atomic E-state index is 0.256. The maximum absolute atomic E-state index is 13.3. The van der Waals surface area contributed by atoms with Crippen molar-refractivity contribution in [1.29, 1.82) is 0 Å². The standard InChI is InChI=1S/C25H21FN6O2/c26-20-10-6-11-21(29-20)30-25-27-15-16(22(31-25)28-17-12-13-17)7-2-1-5-14-32-23(33)18-8-3-4-9-19(18)24(32)34/h3-4,6,8-11,15,17H,1,5,12-14H2,(H2,27,28,29,30,31). The summed E-state index contributed by atoms with van der Waals surface area (Å²) in [6, 6.07) is 11.6. The molecule has 1 aliphatic carbocycles. The maximum Gasteiger partial charge on any atom is 0.261 e. The molecule has 1 saturated carbocycles. The van der Waals surface area contributed by atoms with E-state index in [1.807, 2.05) is 0 Å². The van der Waals surface area contributed by atoms with E-state index in [1.54, 1.807) is 42.6 Å². The first-order valence-electron chi connectivity index (χ1n) is 11.1. The Morgan fingerprint density at radius 2 is 1.79 bits per heavy atom. The number of amides is 2. The lowest BCUT2D eigenvalue weighted by Crippen LogP contribution is -2.30. The summed E-state index contributed by atoms with van der Waals surface area (Å²) in [7, 11) is 0. The SMILES string of the molecule is O=C1c2ccccc2C(=O)N1CCCC#Cc1cnc(Nc2cccc(F)n2)nc1NC1CC1. The van der Waals surface area contributed by atoms with Gasteiger partial charge in [-0.05, 0) is 43.5 Å². The molecule has 3 heterocycles. The predicted molar refractivity (Wildman–Crippen MR) is 124 cm³/mol. The van der Waals surface area contributed by atoms with Gasteiger partial charge in [0.15, 0.2) is 0 Å². The van der Waals surface area contributed by atoms with Crippen molar-refractivity contribution >= 4 is 29.4 Å². The first-order chi connectivity index (χ1) is 16.6. The quantitative estimate of drug-likeness (QED) is 0.242. The zero-order chi connectivity index (χ0) is 23.5. The predicted octanol–water partition coefficient (Wildman–Crippen LogP) is 3.76. The molecule has 0 spiro atoms. The Labute approximate surface area is 195 Å². The van der Waals surface area contributed by atoms with Crippen LogP contribution < -0.4 is 10.6 Å². The molecule has 0 atom stereocenters. The lowest BCUT2D eigenvalue weighted by molar-refractivity contribution is 0.0653. The molecule has 2 amide bonds. The van der Waals surface area contributed by atoms with Gasteiger partial charge >= 0.3 is 0 Å². The van der Waals surface area contributed by atoms with Crippen LogP contribution in [0.1, 0.15) is 52.0 Å². The van der Waals surface area contributed by atoms with E-state index in [-0.39, 0.29) is 17.8 Å². The molecule has 0 unspecified atom stereocenters. The van der Waals surface area contributed by atoms with Crippen molar-refractivity contribution in [3.63, 3.8) is 0 Å². The summed E-state index contributed by atoms with van der Waals surface area (Å²) in [5.74, 6) is 6.26. The van der Waals surface area contributed by atoms with Crippen LogP contribution in [0.5, 0.6) is 0 Å². The number of anilines is 3. The molecule has 8 nitrogen and oxygen atoms in total. The second-order valence-corrected chi connectivity index (χ2v) is 8.06. The number of aromatic nitrogens is 3. The highest BCUT2D eigenvalue weighted by Gasteiger charge is 2.34. The molecule has 5 rings (SSSR count). The van der Waals surface area contributed by atoms with Crippen molar-refractivity contribution in [2.45, 2.75) is 31.7 Å². The number of carbonyl (C=O) groups is 2. The van der Waals surface area contributed by atoms with Crippen molar-refractivity contribution in [3.05, 3.63) is 71.3 Å². The highest BCUT2D eigenvalue weighted by Crippen LogP contribution is 2.26. The Kier molecular flexibility index (Phi) is 5.87. The van der Waals surface area contributed by atoms with Crippen LogP contribution in [0.4, 0.5) is 22.0 Å². The third kappa shape index (κ3) is 4.71. The fourth-order valence-electron chi connectivity index (χ4n) is 3.58. The normalized spacial score (nSPS) is 14.4. The fraction of sp³-hybridized carbons (Fsp3) is 0.240. The molecule has 0 saturated heterocycles. The van der Waals surface area contributed by atoms with Gasteiger partial charge in [-0.1, -0.05) is 30.0 Å². The summed E-state index contributed by atoms with van der Waals surface area (Å²) in [6.45, 7) is 0.314. The van der Waals surface area contributed by atoms with Gasteiger partial charge in [0.1, 0.15) is 11.6 Å². The van der Waals surface area contributed by atoms with Crippen LogP contribution in [-0.2, 0) is 0 Å². The topological polar surface area (TPSA) is 100 Å². The number of nitrogens with zero attached hydrogens (tertiary/aromatic N) is 4. The fourth-order valence-corrected chi connectivity index (χ4v) is 3.58. The molecule has 1 aromatic carbocycles. The molecule has 1 fully saturated rings. The monoisotopic (exact) mass is 456 g/mol. The van der Waals surface area contributed by atoms with Crippen LogP contribution >= 0.6 is 0 Å². The van der Waals surface area contributed by atoms with Crippen molar-refractivity contribution in [1.82, 2.24) is 19.9 Å². The number of hydrogen-bond donors (Lipinski definition) is 2. The molecule has 1 aliphatic heterocycles. The smallest absolute Gasteiger partial charge is 0.261 e. The highest BCUT2D eigenvalue weighted by molar-refractivity contribution is 6.21. The number of hydrogen-bond acceptors (Lipinski definition) is 7. The van der Waals surface area contributed by atoms with Crippen LogP contribution in [0.25, 0.3) is 0 Å². The van der Waals surface area contributed by atoms with Crippen molar-refractivity contribution in [2.24, 2.45) is 0 Å². The number of halogens is 1. The molecule has 3 aromatic rings. The zero-order valence-corrected chi connectivity index (χ0v) is 18.2. The van der Waals surface area contributed by atoms with Crippen LogP contribution in [0.15, 0.2) is 48.7 Å². The maximum atomic E-state index is 13.3. The minimum Gasteiger partial charge on any atom is -0.366 e. The van der Waals surface area contributed by atoms with Gasteiger partial charge < -0.3 is 10.6 Å². The zero-order valence-electron chi connectivity index (χ0n) is 18.2. The molecule has 170 valence electrons. The summed E-state index contributed by atoms with van der Waals surface area (Å²) >= 11 is 0. The molecule has 2 aromatic heterocycles. The Morgan fingerprint density at radius 1 is 1.03 bits per heavy atom. The van der Waals surface area contributed by atoms with Gasteiger partial charge in [-0.25, -0.2) is 9.97 Å². The summed E-state index contributed by atoms with van der Waals surface area (Å²) in [4.78, 5) is 38.7. The number of nitrogens with one attached hydrogen (secondary N) is 2. The van der Waals surface area contributed by atoms with Crippen LogP contribution in [0.3, 0.4) is 0 Å². The molecule has 0 radical (unpaired) electrons. The van der Waals surface area contributed by atoms with E-state index < -0.39 is 5.95 Å². The largest absolute Gasteiger partial charge is 0.366 e. The first kappa shape index (κ1) is 21.5. The molecule has 0 bridgehead atoms. The lowest BCUT2D eigenvalue weighted by atomic mass is 10.1. The highest BCUT2D eigenvalue weighted by atomic mass is 19.1. The summed E-state index contributed by atoms with van der Waals surface area (Å²) in [5.41, 5.74) is 1.55. The third-order valence-electron chi connectivity index (χ3n) is 5.45. The second-order valence-electron chi connectivity index (χ2n) is 8.06. The van der Waals surface area contributed by atoms with E-state index in [0.717, 1.165) is 12.8 Å². The molecule has 2 N–H and O–H groups in total. The van der Waals surface area contributed by atoms with Gasteiger partial charge in [0, 0.05) is 19.0 Å². The van der Waals surface area contributed by atoms with Gasteiger partial charge in [-0.2, -0.15) is 9.37 Å². The van der Waals surface area contributed by atoms with Gasteiger partial charge in [0.25, 0.3) is 11.8 Å². The number of unbranched alkanes of at least 4 members (excludes halogenated alkanes) is 1. The first-order valence-corrected chi connectivity index (χ1v) is 11.1. The second kappa shape index (κ2) is 9.27. The van der Waals surface area contributed by atoms with Crippen LogP contribution in [0.2, 0.25) is 0 Å². The Bertz CT molecular complexity index is 1290.